The third kappa shape index (κ3) is 2.96. The van der Waals surface area contributed by atoms with Gasteiger partial charge in [0.15, 0.2) is 0 Å². The van der Waals surface area contributed by atoms with Crippen LogP contribution in [-0.2, 0) is 6.42 Å². The van der Waals surface area contributed by atoms with Gasteiger partial charge in [-0.2, -0.15) is 0 Å². The van der Waals surface area contributed by atoms with Crippen LogP contribution in [-0.4, -0.2) is 17.0 Å². The Labute approximate surface area is 129 Å². The number of aromatic nitrogens is 2. The number of thiazole rings is 1. The maximum Gasteiger partial charge on any atom is 0.0947 e. The summed E-state index contributed by atoms with van der Waals surface area (Å²) in [5.41, 5.74) is 4.51. The molecule has 1 N–H and O–H groups in total. The zero-order valence-corrected chi connectivity index (χ0v) is 13.4. The zero-order valence-electron chi connectivity index (χ0n) is 12.6. The summed E-state index contributed by atoms with van der Waals surface area (Å²) >= 11 is 1.73. The number of likely N-dealkylation sites (N-methyl/N-ethyl adjacent to an activating group) is 1. The first-order valence-corrected chi connectivity index (χ1v) is 8.00. The van der Waals surface area contributed by atoms with Gasteiger partial charge in [0.1, 0.15) is 0 Å². The molecule has 2 heterocycles. The van der Waals surface area contributed by atoms with Crippen LogP contribution in [0.4, 0.5) is 0 Å². The van der Waals surface area contributed by atoms with E-state index < -0.39 is 0 Å². The molecule has 0 aliphatic rings. The number of para-hydroxylation sites is 1. The molecule has 0 spiro atoms. The van der Waals surface area contributed by atoms with Crippen LogP contribution in [0.2, 0.25) is 0 Å². The van der Waals surface area contributed by atoms with Gasteiger partial charge in [-0.1, -0.05) is 18.2 Å². The predicted molar refractivity (Wildman–Crippen MR) is 88.8 cm³/mol. The van der Waals surface area contributed by atoms with Crippen molar-refractivity contribution in [2.45, 2.75) is 26.3 Å². The second-order valence-corrected chi connectivity index (χ2v) is 6.24. The van der Waals surface area contributed by atoms with Crippen molar-refractivity contribution >= 4 is 22.2 Å². The smallest absolute Gasteiger partial charge is 0.0947 e. The van der Waals surface area contributed by atoms with Crippen molar-refractivity contribution in [2.24, 2.45) is 0 Å². The molecule has 108 valence electrons. The highest BCUT2D eigenvalue weighted by molar-refractivity contribution is 7.09. The molecular formula is C17H19N3S. The summed E-state index contributed by atoms with van der Waals surface area (Å²) in [6, 6.07) is 10.8. The van der Waals surface area contributed by atoms with E-state index in [1.807, 2.05) is 20.0 Å². The molecule has 21 heavy (non-hydrogen) atoms. The second-order valence-electron chi connectivity index (χ2n) is 5.30. The molecule has 2 aromatic heterocycles. The first kappa shape index (κ1) is 14.2. The Balaban J connectivity index is 2.04. The quantitative estimate of drug-likeness (QED) is 0.795. The first-order valence-electron chi connectivity index (χ1n) is 7.12. The lowest BCUT2D eigenvalue weighted by atomic mass is 9.99. The van der Waals surface area contributed by atoms with Crippen molar-refractivity contribution in [3.05, 3.63) is 57.7 Å². The van der Waals surface area contributed by atoms with Gasteiger partial charge in [0, 0.05) is 34.6 Å². The molecule has 1 unspecified atom stereocenters. The van der Waals surface area contributed by atoms with Crippen molar-refractivity contribution in [1.29, 1.82) is 0 Å². The van der Waals surface area contributed by atoms with E-state index in [2.05, 4.69) is 51.9 Å². The van der Waals surface area contributed by atoms with Gasteiger partial charge < -0.3 is 5.32 Å². The molecule has 0 fully saturated rings. The fourth-order valence-electron chi connectivity index (χ4n) is 2.67. The van der Waals surface area contributed by atoms with Gasteiger partial charge in [-0.15, -0.1) is 11.3 Å². The van der Waals surface area contributed by atoms with Crippen LogP contribution < -0.4 is 5.32 Å². The summed E-state index contributed by atoms with van der Waals surface area (Å²) in [6.45, 7) is 4.09. The van der Waals surface area contributed by atoms with Crippen LogP contribution in [0.5, 0.6) is 0 Å². The van der Waals surface area contributed by atoms with E-state index in [4.69, 9.17) is 0 Å². The van der Waals surface area contributed by atoms with Crippen LogP contribution in [0, 0.1) is 13.8 Å². The summed E-state index contributed by atoms with van der Waals surface area (Å²) < 4.78 is 0. The van der Waals surface area contributed by atoms with E-state index in [-0.39, 0.29) is 6.04 Å². The maximum absolute atomic E-state index is 4.62. The topological polar surface area (TPSA) is 37.8 Å². The van der Waals surface area contributed by atoms with E-state index in [1.54, 1.807) is 11.3 Å². The Kier molecular flexibility index (Phi) is 3.99. The lowest BCUT2D eigenvalue weighted by molar-refractivity contribution is 0.593. The molecular weight excluding hydrogens is 278 g/mol. The predicted octanol–water partition coefficient (Wildman–Crippen LogP) is 3.81. The highest BCUT2D eigenvalue weighted by atomic mass is 32.1. The van der Waals surface area contributed by atoms with Crippen LogP contribution in [0.1, 0.15) is 28.0 Å². The minimum atomic E-state index is 0.252. The van der Waals surface area contributed by atoms with Gasteiger partial charge in [-0.25, -0.2) is 4.98 Å². The molecule has 1 atom stereocenters. The first-order chi connectivity index (χ1) is 10.2. The molecule has 1 aromatic carbocycles. The summed E-state index contributed by atoms with van der Waals surface area (Å²) in [5, 5.41) is 7.93. The van der Waals surface area contributed by atoms with Gasteiger partial charge in [-0.05, 0) is 38.6 Å². The minimum absolute atomic E-state index is 0.252. The largest absolute Gasteiger partial charge is 0.313 e. The van der Waals surface area contributed by atoms with Crippen molar-refractivity contribution in [3.8, 4) is 0 Å². The van der Waals surface area contributed by atoms with Gasteiger partial charge in [0.2, 0.25) is 0 Å². The zero-order chi connectivity index (χ0) is 14.8. The molecule has 0 saturated carbocycles. The third-order valence-electron chi connectivity index (χ3n) is 3.65. The highest BCUT2D eigenvalue weighted by Crippen LogP contribution is 2.27. The van der Waals surface area contributed by atoms with E-state index in [1.165, 1.54) is 16.0 Å². The number of fused-ring (bicyclic) bond motifs is 1. The third-order valence-corrected chi connectivity index (χ3v) is 4.63. The lowest BCUT2D eigenvalue weighted by Gasteiger charge is -2.18. The monoisotopic (exact) mass is 297 g/mol. The van der Waals surface area contributed by atoms with Gasteiger partial charge in [-0.3, -0.25) is 4.98 Å². The van der Waals surface area contributed by atoms with E-state index in [0.717, 1.165) is 23.3 Å². The summed E-state index contributed by atoms with van der Waals surface area (Å²) in [4.78, 5) is 9.21. The molecule has 0 bridgehead atoms. The summed E-state index contributed by atoms with van der Waals surface area (Å²) in [6.07, 6.45) is 0.905. The number of aryl methyl sites for hydroxylation is 2. The number of rotatable bonds is 4. The Hall–Kier alpha value is -1.78. The van der Waals surface area contributed by atoms with E-state index in [9.17, 15) is 0 Å². The number of pyridine rings is 1. The van der Waals surface area contributed by atoms with Crippen LogP contribution >= 0.6 is 11.3 Å². The Morgan fingerprint density at radius 3 is 2.67 bits per heavy atom. The number of hydrogen-bond acceptors (Lipinski definition) is 4. The fraction of sp³-hybridized carbons (Fsp3) is 0.294. The van der Waals surface area contributed by atoms with Crippen LogP contribution in [0.3, 0.4) is 0 Å². The second kappa shape index (κ2) is 5.92. The van der Waals surface area contributed by atoms with Gasteiger partial charge in [0.25, 0.3) is 0 Å². The summed E-state index contributed by atoms with van der Waals surface area (Å²) in [5.74, 6) is 0. The molecule has 0 saturated heterocycles. The van der Waals surface area contributed by atoms with Crippen molar-refractivity contribution in [1.82, 2.24) is 15.3 Å². The molecule has 3 nitrogen and oxygen atoms in total. The Morgan fingerprint density at radius 2 is 1.95 bits per heavy atom. The average molecular weight is 297 g/mol. The number of benzene rings is 1. The van der Waals surface area contributed by atoms with E-state index >= 15 is 0 Å². The Bertz CT molecular complexity index is 764. The lowest BCUT2D eigenvalue weighted by Crippen LogP contribution is -2.19. The van der Waals surface area contributed by atoms with Crippen LogP contribution in [0.25, 0.3) is 10.9 Å². The van der Waals surface area contributed by atoms with Gasteiger partial charge >= 0.3 is 0 Å². The molecule has 0 radical (unpaired) electrons. The average Bonchev–Trinajstić information content (AvgIpc) is 2.89. The highest BCUT2D eigenvalue weighted by Gasteiger charge is 2.16. The standard InChI is InChI=1S/C17H19N3S/c1-11-8-14(13-6-4-5-7-15(13)19-11)16(18-3)9-17-20-12(2)10-21-17/h4-8,10,16,18H,9H2,1-3H3. The SMILES string of the molecule is CNC(Cc1nc(C)cs1)c1cc(C)nc2ccccc12. The van der Waals surface area contributed by atoms with Crippen molar-refractivity contribution in [3.63, 3.8) is 0 Å². The van der Waals surface area contributed by atoms with Crippen molar-refractivity contribution < 1.29 is 0 Å². The Morgan fingerprint density at radius 1 is 1.14 bits per heavy atom. The number of nitrogens with one attached hydrogen (secondary N) is 1. The molecule has 4 heteroatoms. The molecule has 0 amide bonds. The van der Waals surface area contributed by atoms with Gasteiger partial charge in [0.05, 0.1) is 10.5 Å². The fourth-order valence-corrected chi connectivity index (χ4v) is 3.49. The molecule has 3 aromatic rings. The maximum atomic E-state index is 4.62. The summed E-state index contributed by atoms with van der Waals surface area (Å²) in [7, 11) is 2.01. The van der Waals surface area contributed by atoms with Crippen LogP contribution in [0.15, 0.2) is 35.7 Å². The normalized spacial score (nSPS) is 12.7. The van der Waals surface area contributed by atoms with E-state index in [0.29, 0.717) is 0 Å². The molecule has 3 rings (SSSR count). The molecule has 0 aliphatic heterocycles. The van der Waals surface area contributed by atoms with Crippen molar-refractivity contribution in [2.75, 3.05) is 7.05 Å². The number of hydrogen-bond donors (Lipinski definition) is 1. The number of nitrogens with zero attached hydrogens (tertiary/aromatic N) is 2. The minimum Gasteiger partial charge on any atom is -0.313 e. The molecule has 0 aliphatic carbocycles.